The van der Waals surface area contributed by atoms with Crippen LogP contribution in [-0.2, 0) is 0 Å². The van der Waals surface area contributed by atoms with Crippen LogP contribution in [0.5, 0.6) is 0 Å². The van der Waals surface area contributed by atoms with Crippen LogP contribution in [0.25, 0.3) is 0 Å². The largest absolute Gasteiger partial charge is 0.316 e. The SMILES string of the molecule is Cc1ccc(Br)cc1C1CCNC1. The Labute approximate surface area is 87.7 Å². The van der Waals surface area contributed by atoms with Gasteiger partial charge in [0.05, 0.1) is 0 Å². The molecule has 1 atom stereocenters. The topological polar surface area (TPSA) is 12.0 Å². The first kappa shape index (κ1) is 9.22. The van der Waals surface area contributed by atoms with Crippen LogP contribution >= 0.6 is 15.9 Å². The Morgan fingerprint density at radius 3 is 3.00 bits per heavy atom. The van der Waals surface area contributed by atoms with Gasteiger partial charge in [-0.25, -0.2) is 0 Å². The molecule has 2 heteroatoms. The van der Waals surface area contributed by atoms with Gasteiger partial charge in [-0.15, -0.1) is 0 Å². The van der Waals surface area contributed by atoms with Gasteiger partial charge in [-0.1, -0.05) is 22.0 Å². The van der Waals surface area contributed by atoms with E-state index < -0.39 is 0 Å². The molecule has 0 bridgehead atoms. The molecule has 1 aliphatic heterocycles. The summed E-state index contributed by atoms with van der Waals surface area (Å²) in [6, 6.07) is 6.56. The van der Waals surface area contributed by atoms with E-state index in [1.165, 1.54) is 22.0 Å². The third-order valence-corrected chi connectivity index (χ3v) is 3.23. The molecule has 1 aromatic rings. The molecular weight excluding hydrogens is 226 g/mol. The molecule has 0 amide bonds. The zero-order chi connectivity index (χ0) is 9.26. The summed E-state index contributed by atoms with van der Waals surface area (Å²) in [4.78, 5) is 0. The lowest BCUT2D eigenvalue weighted by atomic mass is 9.94. The summed E-state index contributed by atoms with van der Waals surface area (Å²) >= 11 is 3.52. The molecule has 1 unspecified atom stereocenters. The second-order valence-electron chi connectivity index (χ2n) is 3.69. The van der Waals surface area contributed by atoms with Crippen molar-refractivity contribution in [3.8, 4) is 0 Å². The van der Waals surface area contributed by atoms with E-state index in [-0.39, 0.29) is 0 Å². The Balaban J connectivity index is 2.32. The highest BCUT2D eigenvalue weighted by Crippen LogP contribution is 2.27. The summed E-state index contributed by atoms with van der Waals surface area (Å²) in [5, 5.41) is 3.40. The molecule has 1 saturated heterocycles. The minimum Gasteiger partial charge on any atom is -0.316 e. The fourth-order valence-corrected chi connectivity index (χ4v) is 2.35. The molecule has 13 heavy (non-hydrogen) atoms. The lowest BCUT2D eigenvalue weighted by Gasteiger charge is -2.12. The van der Waals surface area contributed by atoms with Crippen molar-refractivity contribution in [1.29, 1.82) is 0 Å². The van der Waals surface area contributed by atoms with Crippen LogP contribution in [0.1, 0.15) is 23.5 Å². The van der Waals surface area contributed by atoms with Crippen LogP contribution in [0.3, 0.4) is 0 Å². The van der Waals surface area contributed by atoms with E-state index in [9.17, 15) is 0 Å². The van der Waals surface area contributed by atoms with Crippen molar-refractivity contribution in [2.45, 2.75) is 19.3 Å². The molecule has 0 aromatic heterocycles. The second-order valence-corrected chi connectivity index (χ2v) is 4.61. The van der Waals surface area contributed by atoms with Crippen molar-refractivity contribution in [3.05, 3.63) is 33.8 Å². The number of aryl methyl sites for hydroxylation is 1. The highest BCUT2D eigenvalue weighted by atomic mass is 79.9. The highest BCUT2D eigenvalue weighted by molar-refractivity contribution is 9.10. The molecule has 0 radical (unpaired) electrons. The molecule has 1 aliphatic rings. The van der Waals surface area contributed by atoms with Gasteiger partial charge in [-0.2, -0.15) is 0 Å². The lowest BCUT2D eigenvalue weighted by molar-refractivity contribution is 0.757. The van der Waals surface area contributed by atoms with Crippen molar-refractivity contribution < 1.29 is 0 Å². The van der Waals surface area contributed by atoms with Gasteiger partial charge < -0.3 is 5.32 Å². The Kier molecular flexibility index (Phi) is 2.70. The normalized spacial score (nSPS) is 22.2. The van der Waals surface area contributed by atoms with E-state index in [0.717, 1.165) is 19.0 Å². The maximum Gasteiger partial charge on any atom is 0.0178 e. The molecule has 1 fully saturated rings. The summed E-state index contributed by atoms with van der Waals surface area (Å²) in [5.41, 5.74) is 2.91. The van der Waals surface area contributed by atoms with Crippen molar-refractivity contribution in [2.24, 2.45) is 0 Å². The Morgan fingerprint density at radius 2 is 2.31 bits per heavy atom. The number of hydrogen-bond acceptors (Lipinski definition) is 1. The third kappa shape index (κ3) is 1.94. The van der Waals surface area contributed by atoms with Crippen LogP contribution in [0.15, 0.2) is 22.7 Å². The minimum atomic E-state index is 0.720. The van der Waals surface area contributed by atoms with Crippen LogP contribution in [-0.4, -0.2) is 13.1 Å². The molecule has 1 heterocycles. The Morgan fingerprint density at radius 1 is 1.46 bits per heavy atom. The third-order valence-electron chi connectivity index (χ3n) is 2.74. The number of halogens is 1. The van der Waals surface area contributed by atoms with Crippen LogP contribution in [0, 0.1) is 6.92 Å². The van der Waals surface area contributed by atoms with E-state index in [1.54, 1.807) is 0 Å². The average Bonchev–Trinajstić information content (AvgIpc) is 2.61. The van der Waals surface area contributed by atoms with Gasteiger partial charge in [0.15, 0.2) is 0 Å². The van der Waals surface area contributed by atoms with E-state index in [2.05, 4.69) is 46.4 Å². The summed E-state index contributed by atoms with van der Waals surface area (Å²) < 4.78 is 1.19. The van der Waals surface area contributed by atoms with Crippen molar-refractivity contribution in [1.82, 2.24) is 5.32 Å². The maximum atomic E-state index is 3.52. The van der Waals surface area contributed by atoms with Gasteiger partial charge in [-0.3, -0.25) is 0 Å². The summed E-state index contributed by atoms with van der Waals surface area (Å²) in [6.07, 6.45) is 1.28. The quantitative estimate of drug-likeness (QED) is 0.795. The van der Waals surface area contributed by atoms with Crippen molar-refractivity contribution >= 4 is 15.9 Å². The molecule has 1 nitrogen and oxygen atoms in total. The van der Waals surface area contributed by atoms with E-state index >= 15 is 0 Å². The number of benzene rings is 1. The molecule has 70 valence electrons. The predicted octanol–water partition coefficient (Wildman–Crippen LogP) is 2.83. The summed E-state index contributed by atoms with van der Waals surface area (Å²) in [6.45, 7) is 4.49. The predicted molar refractivity (Wildman–Crippen MR) is 59.1 cm³/mol. The van der Waals surface area contributed by atoms with Crippen molar-refractivity contribution in [3.63, 3.8) is 0 Å². The summed E-state index contributed by atoms with van der Waals surface area (Å²) in [5.74, 6) is 0.720. The monoisotopic (exact) mass is 239 g/mol. The number of nitrogens with one attached hydrogen (secondary N) is 1. The fourth-order valence-electron chi connectivity index (χ4n) is 1.97. The molecule has 0 spiro atoms. The minimum absolute atomic E-state index is 0.720. The van der Waals surface area contributed by atoms with Gasteiger partial charge in [0, 0.05) is 11.0 Å². The molecule has 0 saturated carbocycles. The first-order valence-corrected chi connectivity index (χ1v) is 5.53. The number of hydrogen-bond donors (Lipinski definition) is 1. The van der Waals surface area contributed by atoms with Crippen LogP contribution in [0.2, 0.25) is 0 Å². The standard InChI is InChI=1S/C11H14BrN/c1-8-2-3-10(12)6-11(8)9-4-5-13-7-9/h2-3,6,9,13H,4-5,7H2,1H3. The first-order chi connectivity index (χ1) is 6.27. The Hall–Kier alpha value is -0.340. The van der Waals surface area contributed by atoms with E-state index in [0.29, 0.717) is 0 Å². The molecule has 2 rings (SSSR count). The fraction of sp³-hybridized carbons (Fsp3) is 0.455. The zero-order valence-electron chi connectivity index (χ0n) is 7.81. The smallest absolute Gasteiger partial charge is 0.0178 e. The molecule has 1 N–H and O–H groups in total. The maximum absolute atomic E-state index is 3.52. The Bertz CT molecular complexity index is 303. The summed E-state index contributed by atoms with van der Waals surface area (Å²) in [7, 11) is 0. The van der Waals surface area contributed by atoms with Gasteiger partial charge in [0.2, 0.25) is 0 Å². The van der Waals surface area contributed by atoms with Gasteiger partial charge in [-0.05, 0) is 49.1 Å². The van der Waals surface area contributed by atoms with Gasteiger partial charge in [0.1, 0.15) is 0 Å². The van der Waals surface area contributed by atoms with Crippen LogP contribution < -0.4 is 5.32 Å². The first-order valence-electron chi connectivity index (χ1n) is 4.74. The average molecular weight is 240 g/mol. The van der Waals surface area contributed by atoms with Gasteiger partial charge >= 0.3 is 0 Å². The van der Waals surface area contributed by atoms with Crippen molar-refractivity contribution in [2.75, 3.05) is 13.1 Å². The van der Waals surface area contributed by atoms with Crippen LogP contribution in [0.4, 0.5) is 0 Å². The second kappa shape index (κ2) is 3.81. The zero-order valence-corrected chi connectivity index (χ0v) is 9.39. The number of rotatable bonds is 1. The van der Waals surface area contributed by atoms with Gasteiger partial charge in [0.25, 0.3) is 0 Å². The lowest BCUT2D eigenvalue weighted by Crippen LogP contribution is -2.08. The van der Waals surface area contributed by atoms with E-state index in [4.69, 9.17) is 0 Å². The molecule has 0 aliphatic carbocycles. The highest BCUT2D eigenvalue weighted by Gasteiger charge is 2.18. The molecular formula is C11H14BrN. The molecule has 1 aromatic carbocycles. The van der Waals surface area contributed by atoms with E-state index in [1.807, 2.05) is 0 Å².